The summed E-state index contributed by atoms with van der Waals surface area (Å²) in [4.78, 5) is 0.218. The predicted molar refractivity (Wildman–Crippen MR) is 76.7 cm³/mol. The SMILES string of the molecule is C[C@H](O)c1ccc(Oc2cccc(S(C)(=O)=O)c2)cc1. The normalized spacial score (nSPS) is 12.9. The Morgan fingerprint density at radius 1 is 1.05 bits per heavy atom. The van der Waals surface area contributed by atoms with E-state index in [4.69, 9.17) is 4.74 Å². The smallest absolute Gasteiger partial charge is 0.175 e. The Hall–Kier alpha value is -1.85. The van der Waals surface area contributed by atoms with Crippen LogP contribution in [0.1, 0.15) is 18.6 Å². The summed E-state index contributed by atoms with van der Waals surface area (Å²) in [5, 5.41) is 9.42. The van der Waals surface area contributed by atoms with Gasteiger partial charge in [-0.25, -0.2) is 8.42 Å². The summed E-state index contributed by atoms with van der Waals surface area (Å²) in [6.07, 6.45) is 0.626. The van der Waals surface area contributed by atoms with Crippen LogP contribution in [0.25, 0.3) is 0 Å². The molecule has 2 aromatic carbocycles. The van der Waals surface area contributed by atoms with Gasteiger partial charge in [-0.3, -0.25) is 0 Å². The summed E-state index contributed by atoms with van der Waals surface area (Å²) in [6.45, 7) is 1.69. The van der Waals surface area contributed by atoms with Crippen molar-refractivity contribution in [3.05, 3.63) is 54.1 Å². The van der Waals surface area contributed by atoms with Gasteiger partial charge < -0.3 is 9.84 Å². The maximum atomic E-state index is 11.5. The quantitative estimate of drug-likeness (QED) is 0.941. The van der Waals surface area contributed by atoms with Gasteiger partial charge in [0, 0.05) is 6.26 Å². The molecule has 4 nitrogen and oxygen atoms in total. The van der Waals surface area contributed by atoms with Crippen LogP contribution in [0.4, 0.5) is 0 Å². The minimum absolute atomic E-state index is 0.218. The molecular weight excluding hydrogens is 276 g/mol. The van der Waals surface area contributed by atoms with Crippen LogP contribution < -0.4 is 4.74 Å². The molecule has 0 aromatic heterocycles. The lowest BCUT2D eigenvalue weighted by atomic mass is 10.1. The second-order valence-electron chi connectivity index (χ2n) is 4.59. The summed E-state index contributed by atoms with van der Waals surface area (Å²) < 4.78 is 28.6. The van der Waals surface area contributed by atoms with Gasteiger partial charge in [-0.15, -0.1) is 0 Å². The van der Waals surface area contributed by atoms with Gasteiger partial charge in [0.05, 0.1) is 11.0 Å². The summed E-state index contributed by atoms with van der Waals surface area (Å²) in [6, 6.07) is 13.3. The molecule has 0 unspecified atom stereocenters. The molecule has 2 rings (SSSR count). The standard InChI is InChI=1S/C15H16O4S/c1-11(16)12-6-8-13(9-7-12)19-14-4-3-5-15(10-14)20(2,17)18/h3-11,16H,1-2H3/t11-/m0/s1. The van der Waals surface area contributed by atoms with Gasteiger partial charge in [0.1, 0.15) is 11.5 Å². The molecule has 0 bridgehead atoms. The van der Waals surface area contributed by atoms with Crippen LogP contribution in [0.15, 0.2) is 53.4 Å². The first-order valence-electron chi connectivity index (χ1n) is 6.12. The molecule has 0 aliphatic carbocycles. The van der Waals surface area contributed by atoms with Crippen molar-refractivity contribution in [1.82, 2.24) is 0 Å². The first-order valence-corrected chi connectivity index (χ1v) is 8.01. The second kappa shape index (κ2) is 5.64. The highest BCUT2D eigenvalue weighted by Crippen LogP contribution is 2.25. The van der Waals surface area contributed by atoms with Gasteiger partial charge in [-0.05, 0) is 42.8 Å². The molecule has 0 amide bonds. The van der Waals surface area contributed by atoms with E-state index in [0.717, 1.165) is 11.8 Å². The van der Waals surface area contributed by atoms with Crippen LogP contribution in [0.5, 0.6) is 11.5 Å². The maximum absolute atomic E-state index is 11.5. The van der Waals surface area contributed by atoms with E-state index in [-0.39, 0.29) is 4.90 Å². The monoisotopic (exact) mass is 292 g/mol. The predicted octanol–water partition coefficient (Wildman–Crippen LogP) is 2.94. The molecule has 1 N–H and O–H groups in total. The molecule has 106 valence electrons. The topological polar surface area (TPSA) is 63.6 Å². The summed E-state index contributed by atoms with van der Waals surface area (Å²) >= 11 is 0. The van der Waals surface area contributed by atoms with Gasteiger partial charge in [0.15, 0.2) is 9.84 Å². The fourth-order valence-corrected chi connectivity index (χ4v) is 2.37. The third-order valence-corrected chi connectivity index (χ3v) is 3.94. The van der Waals surface area contributed by atoms with E-state index >= 15 is 0 Å². The Balaban J connectivity index is 2.22. The molecule has 0 saturated carbocycles. The number of hydrogen-bond donors (Lipinski definition) is 1. The number of benzene rings is 2. The highest BCUT2D eigenvalue weighted by molar-refractivity contribution is 7.90. The van der Waals surface area contributed by atoms with Crippen molar-refractivity contribution in [2.24, 2.45) is 0 Å². The van der Waals surface area contributed by atoms with Crippen LogP contribution in [0.3, 0.4) is 0 Å². The van der Waals surface area contributed by atoms with Crippen LogP contribution >= 0.6 is 0 Å². The van der Waals surface area contributed by atoms with Crippen molar-refractivity contribution in [3.63, 3.8) is 0 Å². The third kappa shape index (κ3) is 3.59. The molecule has 0 heterocycles. The Bertz CT molecular complexity index is 688. The Morgan fingerprint density at radius 3 is 2.25 bits per heavy atom. The molecule has 20 heavy (non-hydrogen) atoms. The average Bonchev–Trinajstić information content (AvgIpc) is 2.38. The lowest BCUT2D eigenvalue weighted by molar-refractivity contribution is 0.199. The van der Waals surface area contributed by atoms with Crippen molar-refractivity contribution >= 4 is 9.84 Å². The fourth-order valence-electron chi connectivity index (χ4n) is 1.72. The Kier molecular flexibility index (Phi) is 4.11. The van der Waals surface area contributed by atoms with Gasteiger partial charge in [-0.1, -0.05) is 18.2 Å². The number of aliphatic hydroxyl groups excluding tert-OH is 1. The summed E-state index contributed by atoms with van der Waals surface area (Å²) in [5.41, 5.74) is 0.794. The van der Waals surface area contributed by atoms with Crippen molar-refractivity contribution < 1.29 is 18.3 Å². The van der Waals surface area contributed by atoms with Crippen LogP contribution in [-0.2, 0) is 9.84 Å². The summed E-state index contributed by atoms with van der Waals surface area (Å²) in [5.74, 6) is 1.04. The van der Waals surface area contributed by atoms with E-state index in [2.05, 4.69) is 0 Å². The van der Waals surface area contributed by atoms with Gasteiger partial charge in [-0.2, -0.15) is 0 Å². The fraction of sp³-hybridized carbons (Fsp3) is 0.200. The lowest BCUT2D eigenvalue weighted by Crippen LogP contribution is -1.97. The zero-order valence-corrected chi connectivity index (χ0v) is 12.1. The van der Waals surface area contributed by atoms with Crippen molar-refractivity contribution in [1.29, 1.82) is 0 Å². The molecule has 0 spiro atoms. The highest BCUT2D eigenvalue weighted by atomic mass is 32.2. The molecule has 2 aromatic rings. The highest BCUT2D eigenvalue weighted by Gasteiger charge is 2.08. The molecule has 0 aliphatic rings. The Labute approximate surface area is 118 Å². The Morgan fingerprint density at radius 2 is 1.70 bits per heavy atom. The van der Waals surface area contributed by atoms with Crippen molar-refractivity contribution in [2.75, 3.05) is 6.26 Å². The van der Waals surface area contributed by atoms with Crippen molar-refractivity contribution in [3.8, 4) is 11.5 Å². The van der Waals surface area contributed by atoms with Crippen molar-refractivity contribution in [2.45, 2.75) is 17.9 Å². The molecular formula is C15H16O4S. The van der Waals surface area contributed by atoms with Crippen LogP contribution in [0.2, 0.25) is 0 Å². The molecule has 0 saturated heterocycles. The van der Waals surface area contributed by atoms with E-state index in [1.165, 1.54) is 12.1 Å². The third-order valence-electron chi connectivity index (χ3n) is 2.83. The number of hydrogen-bond acceptors (Lipinski definition) is 4. The zero-order valence-electron chi connectivity index (χ0n) is 11.3. The summed E-state index contributed by atoms with van der Waals surface area (Å²) in [7, 11) is -3.25. The number of sulfone groups is 1. The first kappa shape index (κ1) is 14.6. The van der Waals surface area contributed by atoms with E-state index in [0.29, 0.717) is 11.5 Å². The van der Waals surface area contributed by atoms with E-state index in [1.807, 2.05) is 0 Å². The average molecular weight is 292 g/mol. The molecule has 0 radical (unpaired) electrons. The number of aliphatic hydroxyl groups is 1. The molecule has 0 fully saturated rings. The number of ether oxygens (including phenoxy) is 1. The molecule has 0 aliphatic heterocycles. The number of rotatable bonds is 4. The van der Waals surface area contributed by atoms with E-state index in [1.54, 1.807) is 43.3 Å². The molecule has 5 heteroatoms. The van der Waals surface area contributed by atoms with Crippen LogP contribution in [-0.4, -0.2) is 19.8 Å². The van der Waals surface area contributed by atoms with Gasteiger partial charge >= 0.3 is 0 Å². The second-order valence-corrected chi connectivity index (χ2v) is 6.61. The van der Waals surface area contributed by atoms with E-state index < -0.39 is 15.9 Å². The van der Waals surface area contributed by atoms with Gasteiger partial charge in [0.25, 0.3) is 0 Å². The minimum atomic E-state index is -3.25. The first-order chi connectivity index (χ1) is 9.36. The van der Waals surface area contributed by atoms with Crippen LogP contribution in [0, 0.1) is 0 Å². The largest absolute Gasteiger partial charge is 0.457 e. The van der Waals surface area contributed by atoms with Gasteiger partial charge in [0.2, 0.25) is 0 Å². The minimum Gasteiger partial charge on any atom is -0.457 e. The zero-order chi connectivity index (χ0) is 14.8. The van der Waals surface area contributed by atoms with E-state index in [9.17, 15) is 13.5 Å². The maximum Gasteiger partial charge on any atom is 0.175 e. The lowest BCUT2D eigenvalue weighted by Gasteiger charge is -2.09. The molecule has 1 atom stereocenters.